The second-order valence-electron chi connectivity index (χ2n) is 4.73. The number of nitrogens with zero attached hydrogens (tertiary/aromatic N) is 2. The molecule has 2 rings (SSSR count). The molecule has 0 aliphatic carbocycles. The maximum atomic E-state index is 12.6. The van der Waals surface area contributed by atoms with E-state index in [2.05, 4.69) is 15.0 Å². The summed E-state index contributed by atoms with van der Waals surface area (Å²) < 4.78 is 34.4. The van der Waals surface area contributed by atoms with Crippen molar-refractivity contribution in [1.82, 2.24) is 14.1 Å². The molecule has 0 aliphatic rings. The molecular weight excluding hydrogens is 312 g/mol. The fourth-order valence-electron chi connectivity index (χ4n) is 1.99. The van der Waals surface area contributed by atoms with Crippen LogP contribution < -0.4 is 10.0 Å². The fourth-order valence-corrected chi connectivity index (χ4v) is 4.24. The van der Waals surface area contributed by atoms with Crippen LogP contribution in [0.1, 0.15) is 20.3 Å². The van der Waals surface area contributed by atoms with E-state index < -0.39 is 10.0 Å². The van der Waals surface area contributed by atoms with Gasteiger partial charge in [0.2, 0.25) is 0 Å². The Morgan fingerprint density at radius 2 is 2.29 bits per heavy atom. The molecule has 0 fully saturated rings. The van der Waals surface area contributed by atoms with Gasteiger partial charge in [-0.05, 0) is 13.3 Å². The largest absolute Gasteiger partial charge is 0.383 e. The Balaban J connectivity index is 2.39. The van der Waals surface area contributed by atoms with Crippen LogP contribution in [0.5, 0.6) is 0 Å². The average molecular weight is 332 g/mol. The Labute approximate surface area is 128 Å². The molecule has 21 heavy (non-hydrogen) atoms. The maximum Gasteiger partial charge on any atom is 0.260 e. The van der Waals surface area contributed by atoms with Crippen LogP contribution in [0, 0.1) is 0 Å². The summed E-state index contributed by atoms with van der Waals surface area (Å²) in [5.41, 5.74) is 0. The number of anilines is 1. The third-order valence-electron chi connectivity index (χ3n) is 2.79. The summed E-state index contributed by atoms with van der Waals surface area (Å²) >= 11 is 1.40. The number of imidazole rings is 1. The van der Waals surface area contributed by atoms with E-state index in [0.717, 1.165) is 6.42 Å². The highest BCUT2D eigenvalue weighted by Gasteiger charge is 2.27. The van der Waals surface area contributed by atoms with Gasteiger partial charge in [0, 0.05) is 31.3 Å². The first-order chi connectivity index (χ1) is 9.99. The second kappa shape index (κ2) is 6.73. The molecule has 2 heterocycles. The number of hydrogen-bond acceptors (Lipinski definition) is 6. The minimum atomic E-state index is -3.68. The van der Waals surface area contributed by atoms with Crippen molar-refractivity contribution in [3.8, 4) is 0 Å². The highest BCUT2D eigenvalue weighted by molar-refractivity contribution is 7.89. The Hall–Kier alpha value is -1.16. The van der Waals surface area contributed by atoms with Crippen LogP contribution in [-0.2, 0) is 14.8 Å². The molecule has 0 bridgehead atoms. The van der Waals surface area contributed by atoms with Gasteiger partial charge in [0.05, 0.1) is 6.61 Å². The van der Waals surface area contributed by atoms with E-state index in [1.165, 1.54) is 18.4 Å². The van der Waals surface area contributed by atoms with Gasteiger partial charge in [0.15, 0.2) is 15.8 Å². The van der Waals surface area contributed by atoms with Crippen molar-refractivity contribution in [2.75, 3.05) is 25.6 Å². The van der Waals surface area contributed by atoms with Crippen molar-refractivity contribution < 1.29 is 13.2 Å². The second-order valence-corrected chi connectivity index (χ2v) is 7.23. The van der Waals surface area contributed by atoms with Crippen LogP contribution >= 0.6 is 11.3 Å². The third kappa shape index (κ3) is 3.54. The molecule has 0 saturated carbocycles. The lowest BCUT2D eigenvalue weighted by Crippen LogP contribution is -2.36. The van der Waals surface area contributed by atoms with Crippen molar-refractivity contribution in [3.63, 3.8) is 0 Å². The predicted molar refractivity (Wildman–Crippen MR) is 83.5 cm³/mol. The highest BCUT2D eigenvalue weighted by atomic mass is 32.2. The molecule has 7 nitrogen and oxygen atoms in total. The van der Waals surface area contributed by atoms with Crippen LogP contribution in [0.25, 0.3) is 4.96 Å². The number of sulfonamides is 1. The Morgan fingerprint density at radius 3 is 2.95 bits per heavy atom. The summed E-state index contributed by atoms with van der Waals surface area (Å²) in [7, 11) is -2.14. The van der Waals surface area contributed by atoms with Crippen molar-refractivity contribution in [2.24, 2.45) is 0 Å². The molecule has 0 aromatic carbocycles. The van der Waals surface area contributed by atoms with Gasteiger partial charge >= 0.3 is 0 Å². The number of aromatic nitrogens is 2. The molecule has 0 aliphatic heterocycles. The first kappa shape index (κ1) is 16.2. The molecule has 0 radical (unpaired) electrons. The van der Waals surface area contributed by atoms with E-state index in [1.807, 2.05) is 12.3 Å². The summed E-state index contributed by atoms with van der Waals surface area (Å²) in [5, 5.41) is 5.03. The van der Waals surface area contributed by atoms with Crippen molar-refractivity contribution in [3.05, 3.63) is 11.6 Å². The minimum Gasteiger partial charge on any atom is -0.383 e. The van der Waals surface area contributed by atoms with Crippen molar-refractivity contribution in [1.29, 1.82) is 0 Å². The fraction of sp³-hybridized carbons (Fsp3) is 0.583. The van der Waals surface area contributed by atoms with E-state index in [4.69, 9.17) is 4.74 Å². The van der Waals surface area contributed by atoms with Crippen LogP contribution in [0.2, 0.25) is 0 Å². The zero-order valence-electron chi connectivity index (χ0n) is 12.3. The summed E-state index contributed by atoms with van der Waals surface area (Å²) in [6.45, 7) is 4.74. The smallest absolute Gasteiger partial charge is 0.260 e. The molecule has 0 saturated heterocycles. The van der Waals surface area contributed by atoms with E-state index in [0.29, 0.717) is 23.9 Å². The van der Waals surface area contributed by atoms with E-state index >= 15 is 0 Å². The molecule has 0 spiro atoms. The molecule has 118 valence electrons. The van der Waals surface area contributed by atoms with Gasteiger partial charge < -0.3 is 10.1 Å². The van der Waals surface area contributed by atoms with Crippen LogP contribution in [0.15, 0.2) is 16.6 Å². The molecule has 0 amide bonds. The third-order valence-corrected chi connectivity index (χ3v) is 5.16. The monoisotopic (exact) mass is 332 g/mol. The molecular formula is C12H20N4O3S2. The zero-order chi connectivity index (χ0) is 15.5. The Bertz CT molecular complexity index is 692. The molecule has 2 aromatic heterocycles. The molecule has 1 unspecified atom stereocenters. The Morgan fingerprint density at radius 1 is 1.52 bits per heavy atom. The number of methoxy groups -OCH3 is 1. The molecule has 9 heteroatoms. The SMILES string of the molecule is CCCNc1nc2sccn2c1S(=O)(=O)NC(C)COC. The van der Waals surface area contributed by atoms with Gasteiger partial charge in [-0.1, -0.05) is 6.92 Å². The lowest BCUT2D eigenvalue weighted by Gasteiger charge is -2.14. The van der Waals surface area contributed by atoms with Gasteiger partial charge in [-0.25, -0.2) is 18.1 Å². The van der Waals surface area contributed by atoms with Gasteiger partial charge in [0.1, 0.15) is 0 Å². The number of ether oxygens (including phenoxy) is 1. The zero-order valence-corrected chi connectivity index (χ0v) is 13.9. The minimum absolute atomic E-state index is 0.148. The van der Waals surface area contributed by atoms with Gasteiger partial charge in [0.25, 0.3) is 10.0 Å². The number of thiazole rings is 1. The standard InChI is InChI=1S/C12H20N4O3S2/c1-4-5-13-10-11(16-6-7-20-12(16)14-10)21(17,18)15-9(2)8-19-3/h6-7,9,13,15H,4-5,8H2,1-3H3. The van der Waals surface area contributed by atoms with E-state index in [9.17, 15) is 8.42 Å². The summed E-state index contributed by atoms with van der Waals surface area (Å²) in [5.74, 6) is 0.390. The van der Waals surface area contributed by atoms with Crippen molar-refractivity contribution >= 4 is 32.1 Å². The number of nitrogens with one attached hydrogen (secondary N) is 2. The highest BCUT2D eigenvalue weighted by Crippen LogP contribution is 2.25. The lowest BCUT2D eigenvalue weighted by molar-refractivity contribution is 0.180. The van der Waals surface area contributed by atoms with E-state index in [1.54, 1.807) is 17.5 Å². The molecule has 2 N–H and O–H groups in total. The molecule has 2 aromatic rings. The van der Waals surface area contributed by atoms with Gasteiger partial charge in [-0.15, -0.1) is 11.3 Å². The average Bonchev–Trinajstić information content (AvgIpc) is 2.94. The van der Waals surface area contributed by atoms with Crippen LogP contribution in [0.4, 0.5) is 5.82 Å². The summed E-state index contributed by atoms with van der Waals surface area (Å²) in [4.78, 5) is 5.00. The maximum absolute atomic E-state index is 12.6. The first-order valence-electron chi connectivity index (χ1n) is 6.70. The quantitative estimate of drug-likeness (QED) is 0.766. The summed E-state index contributed by atoms with van der Waals surface area (Å²) in [6.07, 6.45) is 2.60. The topological polar surface area (TPSA) is 84.7 Å². The van der Waals surface area contributed by atoms with Crippen LogP contribution in [0.3, 0.4) is 0 Å². The number of hydrogen-bond donors (Lipinski definition) is 2. The van der Waals surface area contributed by atoms with Crippen LogP contribution in [-0.4, -0.2) is 44.1 Å². The number of fused-ring (bicyclic) bond motifs is 1. The normalized spacial score (nSPS) is 13.7. The number of rotatable bonds is 8. The first-order valence-corrected chi connectivity index (χ1v) is 9.06. The Kier molecular flexibility index (Phi) is 5.20. The predicted octanol–water partition coefficient (Wildman–Crippen LogP) is 1.53. The van der Waals surface area contributed by atoms with Crippen molar-refractivity contribution in [2.45, 2.75) is 31.3 Å². The van der Waals surface area contributed by atoms with Gasteiger partial charge in [-0.3, -0.25) is 4.40 Å². The lowest BCUT2D eigenvalue weighted by atomic mass is 10.4. The molecule has 1 atom stereocenters. The van der Waals surface area contributed by atoms with Gasteiger partial charge in [-0.2, -0.15) is 0 Å². The van der Waals surface area contributed by atoms with E-state index in [-0.39, 0.29) is 11.1 Å². The summed E-state index contributed by atoms with van der Waals surface area (Å²) in [6, 6.07) is -0.316.